The molecule has 0 saturated heterocycles. The summed E-state index contributed by atoms with van der Waals surface area (Å²) in [6, 6.07) is 10.1. The van der Waals surface area contributed by atoms with Gasteiger partial charge in [0.2, 0.25) is 0 Å². The van der Waals surface area contributed by atoms with E-state index in [0.717, 1.165) is 11.1 Å². The highest BCUT2D eigenvalue weighted by Crippen LogP contribution is 2.27. The van der Waals surface area contributed by atoms with Gasteiger partial charge in [-0.2, -0.15) is 0 Å². The number of nitrogens with one attached hydrogen (secondary N) is 1. The Bertz CT molecular complexity index is 503. The molecule has 0 amide bonds. The maximum absolute atomic E-state index is 13.6. The van der Waals surface area contributed by atoms with Crippen molar-refractivity contribution in [2.45, 2.75) is 25.4 Å². The maximum Gasteiger partial charge on any atom is 0.127 e. The molecule has 0 bridgehead atoms. The fourth-order valence-electron chi connectivity index (χ4n) is 1.85. The van der Waals surface area contributed by atoms with Gasteiger partial charge in [0.1, 0.15) is 5.82 Å². The zero-order valence-corrected chi connectivity index (χ0v) is 10.3. The summed E-state index contributed by atoms with van der Waals surface area (Å²) in [6.07, 6.45) is 2.46. The third kappa shape index (κ3) is 2.56. The molecule has 1 aliphatic carbocycles. The molecule has 1 saturated carbocycles. The fourth-order valence-corrected chi connectivity index (χ4v) is 2.57. The largest absolute Gasteiger partial charge is 0.310 e. The van der Waals surface area contributed by atoms with Gasteiger partial charge in [-0.15, -0.1) is 11.3 Å². The number of benzene rings is 1. The summed E-state index contributed by atoms with van der Waals surface area (Å²) in [5.41, 5.74) is 1.87. The molecule has 0 unspecified atom stereocenters. The number of thiophene rings is 1. The van der Waals surface area contributed by atoms with Crippen LogP contribution < -0.4 is 5.32 Å². The first-order valence-electron chi connectivity index (χ1n) is 5.88. The Morgan fingerprint density at radius 3 is 2.88 bits per heavy atom. The normalized spacial score (nSPS) is 15.1. The quantitative estimate of drug-likeness (QED) is 0.866. The molecule has 17 heavy (non-hydrogen) atoms. The highest BCUT2D eigenvalue weighted by Gasteiger charge is 2.20. The third-order valence-corrected chi connectivity index (χ3v) is 3.93. The first kappa shape index (κ1) is 10.9. The minimum Gasteiger partial charge on any atom is -0.310 e. The predicted octanol–water partition coefficient (Wildman–Crippen LogP) is 3.81. The number of halogens is 1. The molecule has 1 aromatic heterocycles. The lowest BCUT2D eigenvalue weighted by molar-refractivity contribution is 0.587. The Labute approximate surface area is 104 Å². The van der Waals surface area contributed by atoms with Gasteiger partial charge >= 0.3 is 0 Å². The summed E-state index contributed by atoms with van der Waals surface area (Å²) in [5, 5.41) is 5.39. The van der Waals surface area contributed by atoms with Crippen LogP contribution in [-0.4, -0.2) is 6.04 Å². The van der Waals surface area contributed by atoms with E-state index in [0.29, 0.717) is 12.6 Å². The van der Waals surface area contributed by atoms with E-state index in [1.165, 1.54) is 17.7 Å². The van der Waals surface area contributed by atoms with Gasteiger partial charge in [0.15, 0.2) is 0 Å². The van der Waals surface area contributed by atoms with Gasteiger partial charge in [-0.1, -0.05) is 12.1 Å². The second-order valence-corrected chi connectivity index (χ2v) is 5.39. The van der Waals surface area contributed by atoms with Crippen LogP contribution >= 0.6 is 11.3 Å². The van der Waals surface area contributed by atoms with Gasteiger partial charge in [-0.05, 0) is 42.0 Å². The Morgan fingerprint density at radius 1 is 1.29 bits per heavy atom. The molecule has 1 nitrogen and oxygen atoms in total. The van der Waals surface area contributed by atoms with Crippen molar-refractivity contribution >= 4 is 11.3 Å². The second kappa shape index (κ2) is 4.59. The number of hydrogen-bond acceptors (Lipinski definition) is 2. The summed E-state index contributed by atoms with van der Waals surface area (Å²) in [4.78, 5) is 1.19. The average molecular weight is 247 g/mol. The molecule has 0 atom stereocenters. The first-order chi connectivity index (χ1) is 8.33. The van der Waals surface area contributed by atoms with Crippen LogP contribution in [0.1, 0.15) is 18.4 Å². The summed E-state index contributed by atoms with van der Waals surface area (Å²) in [5.74, 6) is -0.113. The van der Waals surface area contributed by atoms with Crippen LogP contribution in [0.25, 0.3) is 10.4 Å². The van der Waals surface area contributed by atoms with Crippen LogP contribution in [0.15, 0.2) is 35.7 Å². The van der Waals surface area contributed by atoms with Crippen LogP contribution in [0.5, 0.6) is 0 Å². The minimum absolute atomic E-state index is 0.113. The van der Waals surface area contributed by atoms with Crippen LogP contribution in [0.2, 0.25) is 0 Å². The van der Waals surface area contributed by atoms with Crippen LogP contribution in [-0.2, 0) is 6.54 Å². The van der Waals surface area contributed by atoms with Gasteiger partial charge in [-0.25, -0.2) is 4.39 Å². The van der Waals surface area contributed by atoms with Crippen LogP contribution in [0, 0.1) is 5.82 Å². The highest BCUT2D eigenvalue weighted by atomic mass is 32.1. The number of rotatable bonds is 4. The van der Waals surface area contributed by atoms with E-state index in [2.05, 4.69) is 11.4 Å². The predicted molar refractivity (Wildman–Crippen MR) is 69.6 cm³/mol. The molecule has 0 spiro atoms. The average Bonchev–Trinajstić information content (AvgIpc) is 3.00. The second-order valence-electron chi connectivity index (χ2n) is 4.44. The van der Waals surface area contributed by atoms with E-state index >= 15 is 0 Å². The Kier molecular flexibility index (Phi) is 2.95. The Morgan fingerprint density at radius 2 is 2.18 bits per heavy atom. The summed E-state index contributed by atoms with van der Waals surface area (Å²) in [7, 11) is 0. The number of hydrogen-bond donors (Lipinski definition) is 1. The summed E-state index contributed by atoms with van der Waals surface area (Å²) >= 11 is 1.68. The molecular weight excluding hydrogens is 233 g/mol. The van der Waals surface area contributed by atoms with Crippen molar-refractivity contribution in [2.75, 3.05) is 0 Å². The van der Waals surface area contributed by atoms with E-state index in [9.17, 15) is 4.39 Å². The van der Waals surface area contributed by atoms with Crippen LogP contribution in [0.3, 0.4) is 0 Å². The van der Waals surface area contributed by atoms with Crippen molar-refractivity contribution in [1.29, 1.82) is 0 Å². The van der Waals surface area contributed by atoms with Gasteiger partial charge in [-0.3, -0.25) is 0 Å². The molecule has 3 heteroatoms. The van der Waals surface area contributed by atoms with E-state index in [1.807, 2.05) is 23.6 Å². The molecule has 1 N–H and O–H groups in total. The lowest BCUT2D eigenvalue weighted by Crippen LogP contribution is -2.16. The molecule has 1 aliphatic rings. The lowest BCUT2D eigenvalue weighted by atomic mass is 10.1. The lowest BCUT2D eigenvalue weighted by Gasteiger charge is -2.06. The molecule has 1 heterocycles. The SMILES string of the molecule is Fc1ccc(-c2cccs2)cc1CNC1CC1. The smallest absolute Gasteiger partial charge is 0.127 e. The maximum atomic E-state index is 13.6. The molecule has 1 aromatic carbocycles. The molecule has 88 valence electrons. The van der Waals surface area contributed by atoms with Crippen molar-refractivity contribution in [3.05, 3.63) is 47.1 Å². The van der Waals surface area contributed by atoms with Crippen molar-refractivity contribution in [1.82, 2.24) is 5.32 Å². The van der Waals surface area contributed by atoms with Gasteiger partial charge < -0.3 is 5.32 Å². The van der Waals surface area contributed by atoms with Gasteiger partial charge in [0.05, 0.1) is 0 Å². The van der Waals surface area contributed by atoms with Gasteiger partial charge in [0, 0.05) is 23.0 Å². The molecule has 0 radical (unpaired) electrons. The minimum atomic E-state index is -0.113. The van der Waals surface area contributed by atoms with Crippen molar-refractivity contribution < 1.29 is 4.39 Å². The molecule has 0 aliphatic heterocycles. The van der Waals surface area contributed by atoms with E-state index in [1.54, 1.807) is 17.4 Å². The Hall–Kier alpha value is -1.19. The van der Waals surface area contributed by atoms with Gasteiger partial charge in [0.25, 0.3) is 0 Å². The van der Waals surface area contributed by atoms with E-state index in [-0.39, 0.29) is 5.82 Å². The molecule has 3 rings (SSSR count). The van der Waals surface area contributed by atoms with E-state index in [4.69, 9.17) is 0 Å². The third-order valence-electron chi connectivity index (χ3n) is 3.01. The summed E-state index contributed by atoms with van der Waals surface area (Å²) in [6.45, 7) is 0.635. The van der Waals surface area contributed by atoms with E-state index < -0.39 is 0 Å². The molecule has 1 fully saturated rings. The zero-order chi connectivity index (χ0) is 11.7. The standard InChI is InChI=1S/C14H14FNS/c15-13-6-3-10(14-2-1-7-17-14)8-11(13)9-16-12-4-5-12/h1-3,6-8,12,16H,4-5,9H2. The van der Waals surface area contributed by atoms with Crippen molar-refractivity contribution in [3.8, 4) is 10.4 Å². The highest BCUT2D eigenvalue weighted by molar-refractivity contribution is 7.13. The zero-order valence-electron chi connectivity index (χ0n) is 9.45. The molecular formula is C14H14FNS. The van der Waals surface area contributed by atoms with Crippen molar-refractivity contribution in [3.63, 3.8) is 0 Å². The monoisotopic (exact) mass is 247 g/mol. The molecule has 2 aromatic rings. The topological polar surface area (TPSA) is 12.0 Å². The van der Waals surface area contributed by atoms with Crippen LogP contribution in [0.4, 0.5) is 4.39 Å². The Balaban J connectivity index is 1.83. The summed E-state index contributed by atoms with van der Waals surface area (Å²) < 4.78 is 13.6. The fraction of sp³-hybridized carbons (Fsp3) is 0.286. The van der Waals surface area contributed by atoms with Crippen molar-refractivity contribution in [2.24, 2.45) is 0 Å². The first-order valence-corrected chi connectivity index (χ1v) is 6.76.